The van der Waals surface area contributed by atoms with Crippen molar-refractivity contribution < 1.29 is 0 Å². The SMILES string of the molecule is Brc1cccc2nnnn12. The maximum absolute atomic E-state index is 3.75. The number of pyridine rings is 1. The van der Waals surface area contributed by atoms with Crippen molar-refractivity contribution in [1.82, 2.24) is 20.0 Å². The van der Waals surface area contributed by atoms with E-state index >= 15 is 0 Å². The van der Waals surface area contributed by atoms with Gasteiger partial charge in [-0.15, -0.1) is 5.10 Å². The Balaban J connectivity index is 2.95. The third-order valence-electron chi connectivity index (χ3n) is 1.18. The molecule has 0 aliphatic rings. The van der Waals surface area contributed by atoms with E-state index in [2.05, 4.69) is 31.5 Å². The second-order valence-electron chi connectivity index (χ2n) is 1.80. The zero-order valence-electron chi connectivity index (χ0n) is 4.90. The van der Waals surface area contributed by atoms with E-state index in [0.717, 1.165) is 10.3 Å². The monoisotopic (exact) mass is 198 g/mol. The van der Waals surface area contributed by atoms with Crippen molar-refractivity contribution in [2.24, 2.45) is 0 Å². The molecule has 2 heterocycles. The molecule has 4 nitrogen and oxygen atoms in total. The third kappa shape index (κ3) is 0.706. The van der Waals surface area contributed by atoms with E-state index in [9.17, 15) is 0 Å². The molecular formula is C5H3BrN4. The lowest BCUT2D eigenvalue weighted by molar-refractivity contribution is 0.811. The standard InChI is InChI=1S/C5H3BrN4/c6-4-2-1-3-5-7-8-9-10(4)5/h1-3H. The highest BCUT2D eigenvalue weighted by Gasteiger charge is 1.96. The molecule has 0 spiro atoms. The molecule has 0 atom stereocenters. The maximum Gasteiger partial charge on any atom is 0.180 e. The number of hydrogen-bond donors (Lipinski definition) is 0. The van der Waals surface area contributed by atoms with Crippen molar-refractivity contribution in [3.05, 3.63) is 22.8 Å². The zero-order valence-corrected chi connectivity index (χ0v) is 6.48. The van der Waals surface area contributed by atoms with E-state index in [4.69, 9.17) is 0 Å². The smallest absolute Gasteiger partial charge is 0.180 e. The molecule has 0 fully saturated rings. The number of fused-ring (bicyclic) bond motifs is 1. The number of hydrogen-bond acceptors (Lipinski definition) is 3. The molecule has 5 heteroatoms. The van der Waals surface area contributed by atoms with Crippen molar-refractivity contribution in [2.45, 2.75) is 0 Å². The Hall–Kier alpha value is -0.970. The summed E-state index contributed by atoms with van der Waals surface area (Å²) in [4.78, 5) is 0. The van der Waals surface area contributed by atoms with Gasteiger partial charge in [0.25, 0.3) is 0 Å². The number of tetrazole rings is 1. The van der Waals surface area contributed by atoms with Gasteiger partial charge in [-0.3, -0.25) is 0 Å². The second-order valence-corrected chi connectivity index (χ2v) is 2.61. The van der Waals surface area contributed by atoms with Gasteiger partial charge in [0.05, 0.1) is 0 Å². The largest absolute Gasteiger partial charge is 0.186 e. The summed E-state index contributed by atoms with van der Waals surface area (Å²) in [5, 5.41) is 11.0. The normalized spacial score (nSPS) is 10.5. The Morgan fingerprint density at radius 2 is 2.30 bits per heavy atom. The molecule has 0 saturated heterocycles. The molecule has 0 aliphatic heterocycles. The molecule has 2 rings (SSSR count). The van der Waals surface area contributed by atoms with E-state index in [1.165, 1.54) is 0 Å². The van der Waals surface area contributed by atoms with Crippen LogP contribution in [0, 0.1) is 0 Å². The van der Waals surface area contributed by atoms with Crippen LogP contribution in [0.15, 0.2) is 22.8 Å². The molecule has 0 saturated carbocycles. The van der Waals surface area contributed by atoms with E-state index < -0.39 is 0 Å². The van der Waals surface area contributed by atoms with Gasteiger partial charge in [0, 0.05) is 0 Å². The van der Waals surface area contributed by atoms with Gasteiger partial charge in [0.2, 0.25) is 0 Å². The first-order valence-electron chi connectivity index (χ1n) is 2.70. The summed E-state index contributed by atoms with van der Waals surface area (Å²) in [7, 11) is 0. The van der Waals surface area contributed by atoms with E-state index in [0.29, 0.717) is 0 Å². The summed E-state index contributed by atoms with van der Waals surface area (Å²) < 4.78 is 2.47. The first kappa shape index (κ1) is 5.79. The minimum atomic E-state index is 0.745. The molecule has 0 aromatic carbocycles. The first-order valence-corrected chi connectivity index (χ1v) is 3.50. The highest BCUT2D eigenvalue weighted by molar-refractivity contribution is 9.10. The van der Waals surface area contributed by atoms with Crippen LogP contribution in [0.5, 0.6) is 0 Å². The molecule has 50 valence electrons. The molecule has 0 N–H and O–H groups in total. The van der Waals surface area contributed by atoms with Gasteiger partial charge in [0.15, 0.2) is 5.65 Å². The summed E-state index contributed by atoms with van der Waals surface area (Å²) in [5.41, 5.74) is 0.745. The Kier molecular flexibility index (Phi) is 1.17. The van der Waals surface area contributed by atoms with Crippen LogP contribution in [0.2, 0.25) is 0 Å². The Morgan fingerprint density at radius 3 is 3.10 bits per heavy atom. The summed E-state index contributed by atoms with van der Waals surface area (Å²) in [6.45, 7) is 0. The second kappa shape index (κ2) is 2.02. The Bertz CT molecular complexity index is 355. The maximum atomic E-state index is 3.75. The van der Waals surface area contributed by atoms with Gasteiger partial charge in [-0.1, -0.05) is 6.07 Å². The van der Waals surface area contributed by atoms with Crippen LogP contribution in [0.4, 0.5) is 0 Å². The van der Waals surface area contributed by atoms with Gasteiger partial charge in [-0.05, 0) is 38.5 Å². The first-order chi connectivity index (χ1) is 4.88. The third-order valence-corrected chi connectivity index (χ3v) is 1.78. The van der Waals surface area contributed by atoms with Crippen LogP contribution in [0.1, 0.15) is 0 Å². The minimum absolute atomic E-state index is 0.745. The molecule has 0 aliphatic carbocycles. The van der Waals surface area contributed by atoms with Crippen molar-refractivity contribution in [3.63, 3.8) is 0 Å². The van der Waals surface area contributed by atoms with Gasteiger partial charge in [-0.25, -0.2) is 0 Å². The number of halogens is 1. The summed E-state index contributed by atoms with van der Waals surface area (Å²) in [6, 6.07) is 5.60. The number of aromatic nitrogens is 4. The molecule has 2 aromatic heterocycles. The molecule has 0 amide bonds. The van der Waals surface area contributed by atoms with Crippen LogP contribution >= 0.6 is 15.9 Å². The fraction of sp³-hybridized carbons (Fsp3) is 0. The van der Waals surface area contributed by atoms with Gasteiger partial charge < -0.3 is 0 Å². The molecule has 0 bridgehead atoms. The Labute approximate surface area is 65.0 Å². The topological polar surface area (TPSA) is 43.1 Å². The summed E-state index contributed by atoms with van der Waals surface area (Å²) >= 11 is 3.30. The number of rotatable bonds is 0. The van der Waals surface area contributed by atoms with Gasteiger partial charge in [0.1, 0.15) is 4.60 Å². The highest BCUT2D eigenvalue weighted by Crippen LogP contribution is 2.08. The van der Waals surface area contributed by atoms with Crippen molar-refractivity contribution in [3.8, 4) is 0 Å². The van der Waals surface area contributed by atoms with Gasteiger partial charge in [-0.2, -0.15) is 4.52 Å². The van der Waals surface area contributed by atoms with Crippen LogP contribution < -0.4 is 0 Å². The van der Waals surface area contributed by atoms with Crippen molar-refractivity contribution >= 4 is 21.6 Å². The predicted molar refractivity (Wildman–Crippen MR) is 38.5 cm³/mol. The van der Waals surface area contributed by atoms with Crippen molar-refractivity contribution in [2.75, 3.05) is 0 Å². The zero-order chi connectivity index (χ0) is 6.97. The highest BCUT2D eigenvalue weighted by atomic mass is 79.9. The van der Waals surface area contributed by atoms with Crippen LogP contribution in [-0.4, -0.2) is 20.0 Å². The molecule has 10 heavy (non-hydrogen) atoms. The van der Waals surface area contributed by atoms with Crippen LogP contribution in [-0.2, 0) is 0 Å². The van der Waals surface area contributed by atoms with E-state index in [1.807, 2.05) is 18.2 Å². The van der Waals surface area contributed by atoms with E-state index in [-0.39, 0.29) is 0 Å². The average molecular weight is 199 g/mol. The fourth-order valence-corrected chi connectivity index (χ4v) is 1.14. The van der Waals surface area contributed by atoms with E-state index in [1.54, 1.807) is 4.52 Å². The molecular weight excluding hydrogens is 196 g/mol. The molecule has 2 aromatic rings. The van der Waals surface area contributed by atoms with Gasteiger partial charge >= 0.3 is 0 Å². The fourth-order valence-electron chi connectivity index (χ4n) is 0.734. The summed E-state index contributed by atoms with van der Waals surface area (Å²) in [6.07, 6.45) is 0. The quantitative estimate of drug-likeness (QED) is 0.591. The summed E-state index contributed by atoms with van der Waals surface area (Å²) in [5.74, 6) is 0. The van der Waals surface area contributed by atoms with Crippen LogP contribution in [0.3, 0.4) is 0 Å². The lowest BCUT2D eigenvalue weighted by Crippen LogP contribution is -1.87. The Morgan fingerprint density at radius 1 is 1.40 bits per heavy atom. The average Bonchev–Trinajstić information content (AvgIpc) is 2.36. The predicted octanol–water partition coefficient (Wildman–Crippen LogP) is 0.887. The minimum Gasteiger partial charge on any atom is -0.186 e. The molecule has 0 unspecified atom stereocenters. The lowest BCUT2D eigenvalue weighted by Gasteiger charge is -1.89. The lowest BCUT2D eigenvalue weighted by atomic mass is 10.5. The number of nitrogens with zero attached hydrogens (tertiary/aromatic N) is 4. The van der Waals surface area contributed by atoms with Crippen molar-refractivity contribution in [1.29, 1.82) is 0 Å². The molecule has 0 radical (unpaired) electrons. The van der Waals surface area contributed by atoms with Crippen LogP contribution in [0.25, 0.3) is 5.65 Å².